The maximum absolute atomic E-state index is 12.9. The number of pyridine rings is 1. The number of amides is 1. The van der Waals surface area contributed by atoms with Crippen molar-refractivity contribution in [2.75, 3.05) is 26.3 Å². The van der Waals surface area contributed by atoms with Crippen LogP contribution in [0.25, 0.3) is 16.9 Å². The molecule has 2 aliphatic rings. The van der Waals surface area contributed by atoms with Crippen molar-refractivity contribution in [1.29, 1.82) is 0 Å². The Morgan fingerprint density at radius 1 is 1.04 bits per heavy atom. The van der Waals surface area contributed by atoms with E-state index >= 15 is 0 Å². The fourth-order valence-corrected chi connectivity index (χ4v) is 4.24. The molecule has 2 saturated heterocycles. The molecule has 2 aliphatic heterocycles. The molecule has 6 nitrogen and oxygen atoms in total. The van der Waals surface area contributed by atoms with Crippen LogP contribution in [0.5, 0.6) is 0 Å². The summed E-state index contributed by atoms with van der Waals surface area (Å²) in [5, 5.41) is 3.19. The molecule has 6 heteroatoms. The standard InChI is InChI=1S/C22H24N4O2/c27-22(24-19-14-28-15-20(19)25-10-4-5-11-25)17-8-9-21-23-18(13-26(21)12-17)16-6-2-1-3-7-16/h1-3,6-9,12-13,19-20H,4-5,10-11,14-15H2,(H,24,27)/t19-,20-/m0/s1. The predicted molar refractivity (Wildman–Crippen MR) is 107 cm³/mol. The Labute approximate surface area is 164 Å². The molecule has 2 atom stereocenters. The number of carbonyl (C=O) groups is 1. The van der Waals surface area contributed by atoms with E-state index in [2.05, 4.69) is 15.2 Å². The van der Waals surface area contributed by atoms with E-state index in [0.29, 0.717) is 18.8 Å². The molecule has 0 saturated carbocycles. The van der Waals surface area contributed by atoms with Crippen LogP contribution in [-0.4, -0.2) is 58.6 Å². The minimum absolute atomic E-state index is 0.0453. The van der Waals surface area contributed by atoms with Crippen LogP contribution >= 0.6 is 0 Å². The van der Waals surface area contributed by atoms with E-state index < -0.39 is 0 Å². The summed E-state index contributed by atoms with van der Waals surface area (Å²) in [6.07, 6.45) is 6.29. The molecule has 0 bridgehead atoms. The number of nitrogens with one attached hydrogen (secondary N) is 1. The monoisotopic (exact) mass is 376 g/mol. The van der Waals surface area contributed by atoms with Gasteiger partial charge in [0.1, 0.15) is 5.65 Å². The summed E-state index contributed by atoms with van der Waals surface area (Å²) < 4.78 is 7.59. The average molecular weight is 376 g/mol. The van der Waals surface area contributed by atoms with Crippen molar-refractivity contribution in [3.63, 3.8) is 0 Å². The summed E-state index contributed by atoms with van der Waals surface area (Å²) in [5.74, 6) is -0.0587. The van der Waals surface area contributed by atoms with Crippen LogP contribution in [0.2, 0.25) is 0 Å². The van der Waals surface area contributed by atoms with Gasteiger partial charge in [0.25, 0.3) is 5.91 Å². The first-order valence-corrected chi connectivity index (χ1v) is 9.95. The molecule has 2 fully saturated rings. The van der Waals surface area contributed by atoms with Crippen molar-refractivity contribution < 1.29 is 9.53 Å². The zero-order valence-corrected chi connectivity index (χ0v) is 15.8. The molecule has 1 N–H and O–H groups in total. The van der Waals surface area contributed by atoms with Crippen molar-refractivity contribution in [1.82, 2.24) is 19.6 Å². The number of carbonyl (C=O) groups excluding carboxylic acids is 1. The van der Waals surface area contributed by atoms with E-state index in [-0.39, 0.29) is 18.0 Å². The Balaban J connectivity index is 1.34. The van der Waals surface area contributed by atoms with Gasteiger partial charge in [0.05, 0.1) is 36.6 Å². The number of fused-ring (bicyclic) bond motifs is 1. The number of hydrogen-bond donors (Lipinski definition) is 1. The van der Waals surface area contributed by atoms with Crippen molar-refractivity contribution in [2.45, 2.75) is 24.9 Å². The van der Waals surface area contributed by atoms with E-state index in [1.807, 2.05) is 59.3 Å². The fraction of sp³-hybridized carbons (Fsp3) is 0.364. The number of hydrogen-bond acceptors (Lipinski definition) is 4. The maximum atomic E-state index is 12.9. The predicted octanol–water partition coefficient (Wildman–Crippen LogP) is 2.59. The van der Waals surface area contributed by atoms with Crippen molar-refractivity contribution in [2.24, 2.45) is 0 Å². The second-order valence-corrected chi connectivity index (χ2v) is 7.60. The highest BCUT2D eigenvalue weighted by Crippen LogP contribution is 2.21. The highest BCUT2D eigenvalue weighted by atomic mass is 16.5. The van der Waals surface area contributed by atoms with Gasteiger partial charge in [-0.2, -0.15) is 0 Å². The van der Waals surface area contributed by atoms with Gasteiger partial charge in [-0.05, 0) is 38.1 Å². The van der Waals surface area contributed by atoms with Gasteiger partial charge >= 0.3 is 0 Å². The Morgan fingerprint density at radius 3 is 2.68 bits per heavy atom. The number of ether oxygens (including phenoxy) is 1. The number of likely N-dealkylation sites (tertiary alicyclic amines) is 1. The van der Waals surface area contributed by atoms with Crippen LogP contribution in [0.4, 0.5) is 0 Å². The molecular formula is C22H24N4O2. The Morgan fingerprint density at radius 2 is 1.86 bits per heavy atom. The largest absolute Gasteiger partial charge is 0.378 e. The Bertz CT molecular complexity index is 979. The normalized spacial score (nSPS) is 22.7. The van der Waals surface area contributed by atoms with Gasteiger partial charge in [-0.15, -0.1) is 0 Å². The topological polar surface area (TPSA) is 58.9 Å². The van der Waals surface area contributed by atoms with Gasteiger partial charge in [-0.1, -0.05) is 30.3 Å². The lowest BCUT2D eigenvalue weighted by Gasteiger charge is -2.27. The molecule has 1 aromatic carbocycles. The zero-order valence-electron chi connectivity index (χ0n) is 15.8. The molecule has 1 amide bonds. The third kappa shape index (κ3) is 3.30. The summed E-state index contributed by atoms with van der Waals surface area (Å²) in [6.45, 7) is 3.48. The molecule has 0 spiro atoms. The molecule has 144 valence electrons. The Kier molecular flexibility index (Phi) is 4.58. The van der Waals surface area contributed by atoms with Gasteiger partial charge in [0.2, 0.25) is 0 Å². The highest BCUT2D eigenvalue weighted by Gasteiger charge is 2.35. The number of imidazole rings is 1. The quantitative estimate of drug-likeness (QED) is 0.760. The number of benzene rings is 1. The van der Waals surface area contributed by atoms with Gasteiger partial charge < -0.3 is 14.5 Å². The summed E-state index contributed by atoms with van der Waals surface area (Å²) in [6, 6.07) is 14.1. The van der Waals surface area contributed by atoms with Crippen LogP contribution < -0.4 is 5.32 Å². The maximum Gasteiger partial charge on any atom is 0.253 e. The number of nitrogens with zero attached hydrogens (tertiary/aromatic N) is 3. The smallest absolute Gasteiger partial charge is 0.253 e. The van der Waals surface area contributed by atoms with E-state index in [9.17, 15) is 4.79 Å². The molecule has 0 radical (unpaired) electrons. The summed E-state index contributed by atoms with van der Waals surface area (Å²) in [4.78, 5) is 20.0. The number of rotatable bonds is 4. The molecular weight excluding hydrogens is 352 g/mol. The zero-order chi connectivity index (χ0) is 18.9. The molecule has 0 unspecified atom stereocenters. The lowest BCUT2D eigenvalue weighted by atomic mass is 10.1. The van der Waals surface area contributed by atoms with Gasteiger partial charge in [-0.3, -0.25) is 9.69 Å². The van der Waals surface area contributed by atoms with Gasteiger partial charge in [-0.25, -0.2) is 4.98 Å². The van der Waals surface area contributed by atoms with E-state index in [1.165, 1.54) is 12.8 Å². The first-order valence-electron chi connectivity index (χ1n) is 9.95. The van der Waals surface area contributed by atoms with Crippen LogP contribution in [-0.2, 0) is 4.74 Å². The average Bonchev–Trinajstić information content (AvgIpc) is 3.47. The third-order valence-electron chi connectivity index (χ3n) is 5.76. The molecule has 2 aromatic heterocycles. The van der Waals surface area contributed by atoms with E-state index in [0.717, 1.165) is 30.0 Å². The lowest BCUT2D eigenvalue weighted by molar-refractivity contribution is 0.0916. The van der Waals surface area contributed by atoms with Crippen molar-refractivity contribution >= 4 is 11.6 Å². The van der Waals surface area contributed by atoms with Crippen molar-refractivity contribution in [3.8, 4) is 11.3 Å². The van der Waals surface area contributed by atoms with Crippen LogP contribution in [0.3, 0.4) is 0 Å². The first kappa shape index (κ1) is 17.4. The second kappa shape index (κ2) is 7.37. The van der Waals surface area contributed by atoms with Crippen LogP contribution in [0, 0.1) is 0 Å². The Hall–Kier alpha value is -2.70. The molecule has 4 heterocycles. The SMILES string of the molecule is O=C(N[C@H]1COC[C@@H]1N1CCCC1)c1ccc2nc(-c3ccccc3)cn2c1. The third-order valence-corrected chi connectivity index (χ3v) is 5.76. The highest BCUT2D eigenvalue weighted by molar-refractivity contribution is 5.94. The lowest BCUT2D eigenvalue weighted by Crippen LogP contribution is -2.50. The molecule has 5 rings (SSSR count). The second-order valence-electron chi connectivity index (χ2n) is 7.60. The van der Waals surface area contributed by atoms with Crippen LogP contribution in [0.1, 0.15) is 23.2 Å². The fourth-order valence-electron chi connectivity index (χ4n) is 4.24. The first-order chi connectivity index (χ1) is 13.8. The number of aromatic nitrogens is 2. The summed E-state index contributed by atoms with van der Waals surface area (Å²) in [7, 11) is 0. The van der Waals surface area contributed by atoms with Crippen molar-refractivity contribution in [3.05, 3.63) is 60.4 Å². The summed E-state index contributed by atoms with van der Waals surface area (Å²) >= 11 is 0. The molecule has 0 aliphatic carbocycles. The van der Waals surface area contributed by atoms with Gasteiger partial charge in [0, 0.05) is 18.0 Å². The van der Waals surface area contributed by atoms with E-state index in [1.54, 1.807) is 0 Å². The minimum atomic E-state index is -0.0587. The van der Waals surface area contributed by atoms with Gasteiger partial charge in [0.15, 0.2) is 0 Å². The molecule has 3 aromatic rings. The van der Waals surface area contributed by atoms with E-state index in [4.69, 9.17) is 4.74 Å². The summed E-state index contributed by atoms with van der Waals surface area (Å²) in [5.41, 5.74) is 3.43. The molecule has 28 heavy (non-hydrogen) atoms. The minimum Gasteiger partial charge on any atom is -0.378 e. The van der Waals surface area contributed by atoms with Crippen LogP contribution in [0.15, 0.2) is 54.9 Å².